The summed E-state index contributed by atoms with van der Waals surface area (Å²) < 4.78 is 12.9. The first-order valence-corrected chi connectivity index (χ1v) is 7.88. The average molecular weight is 327 g/mol. The molecule has 0 unspecified atom stereocenters. The zero-order chi connectivity index (χ0) is 16.1. The van der Waals surface area contributed by atoms with E-state index in [9.17, 15) is 9.18 Å². The molecule has 23 heavy (non-hydrogen) atoms. The van der Waals surface area contributed by atoms with Crippen LogP contribution in [0.15, 0.2) is 55.0 Å². The van der Waals surface area contributed by atoms with Crippen molar-refractivity contribution in [2.45, 2.75) is 13.0 Å². The van der Waals surface area contributed by atoms with Crippen LogP contribution in [-0.4, -0.2) is 15.9 Å². The van der Waals surface area contributed by atoms with Crippen LogP contribution >= 0.6 is 11.3 Å². The number of nitrogens with zero attached hydrogens (tertiary/aromatic N) is 2. The van der Waals surface area contributed by atoms with E-state index in [1.54, 1.807) is 42.9 Å². The van der Waals surface area contributed by atoms with Gasteiger partial charge in [0.1, 0.15) is 10.8 Å². The third kappa shape index (κ3) is 4.20. The van der Waals surface area contributed by atoms with Gasteiger partial charge in [0.05, 0.1) is 6.54 Å². The van der Waals surface area contributed by atoms with Crippen LogP contribution in [0, 0.1) is 5.82 Å². The fourth-order valence-corrected chi connectivity index (χ4v) is 2.97. The molecule has 0 spiro atoms. The Morgan fingerprint density at radius 3 is 2.61 bits per heavy atom. The summed E-state index contributed by atoms with van der Waals surface area (Å²) in [5.74, 6) is -0.389. The molecule has 116 valence electrons. The van der Waals surface area contributed by atoms with Crippen LogP contribution in [0.25, 0.3) is 0 Å². The highest BCUT2D eigenvalue weighted by Gasteiger charge is 2.07. The van der Waals surface area contributed by atoms with Gasteiger partial charge in [-0.25, -0.2) is 9.37 Å². The lowest BCUT2D eigenvalue weighted by atomic mass is 10.1. The SMILES string of the molecule is O=C(NCc1ncc(Cc2ccc(F)cc2)s1)c1ccncc1. The molecule has 0 fully saturated rings. The Labute approximate surface area is 137 Å². The lowest BCUT2D eigenvalue weighted by Crippen LogP contribution is -2.22. The van der Waals surface area contributed by atoms with Crippen LogP contribution < -0.4 is 5.32 Å². The molecule has 2 aromatic heterocycles. The van der Waals surface area contributed by atoms with Crippen molar-refractivity contribution in [2.24, 2.45) is 0 Å². The van der Waals surface area contributed by atoms with Gasteiger partial charge in [-0.15, -0.1) is 11.3 Å². The van der Waals surface area contributed by atoms with Gasteiger partial charge in [-0.2, -0.15) is 0 Å². The molecule has 3 aromatic rings. The highest BCUT2D eigenvalue weighted by molar-refractivity contribution is 7.11. The maximum Gasteiger partial charge on any atom is 0.251 e. The monoisotopic (exact) mass is 327 g/mol. The van der Waals surface area contributed by atoms with Crippen molar-refractivity contribution in [3.63, 3.8) is 0 Å². The molecule has 0 radical (unpaired) electrons. The van der Waals surface area contributed by atoms with Crippen LogP contribution in [0.2, 0.25) is 0 Å². The summed E-state index contributed by atoms with van der Waals surface area (Å²) in [5, 5.41) is 3.67. The van der Waals surface area contributed by atoms with Crippen LogP contribution in [0.3, 0.4) is 0 Å². The molecular formula is C17H14FN3OS. The van der Waals surface area contributed by atoms with Crippen molar-refractivity contribution in [1.29, 1.82) is 0 Å². The number of hydrogen-bond donors (Lipinski definition) is 1. The normalized spacial score (nSPS) is 10.5. The van der Waals surface area contributed by atoms with Crippen LogP contribution in [0.5, 0.6) is 0 Å². The summed E-state index contributed by atoms with van der Waals surface area (Å²) in [6.45, 7) is 0.384. The van der Waals surface area contributed by atoms with Gasteiger partial charge < -0.3 is 5.32 Å². The van der Waals surface area contributed by atoms with E-state index < -0.39 is 0 Å². The fourth-order valence-electron chi connectivity index (χ4n) is 2.08. The molecule has 0 aliphatic carbocycles. The number of hydrogen-bond acceptors (Lipinski definition) is 4. The number of rotatable bonds is 5. The Bertz CT molecular complexity index is 787. The Kier molecular flexibility index (Phi) is 4.73. The average Bonchev–Trinajstić information content (AvgIpc) is 3.03. The predicted octanol–water partition coefficient (Wildman–Crippen LogP) is 3.20. The molecule has 3 rings (SSSR count). The molecule has 0 atom stereocenters. The number of benzene rings is 1. The molecule has 6 heteroatoms. The van der Waals surface area contributed by atoms with E-state index >= 15 is 0 Å². The molecule has 0 saturated carbocycles. The van der Waals surface area contributed by atoms with E-state index in [-0.39, 0.29) is 11.7 Å². The minimum absolute atomic E-state index is 0.150. The number of thiazole rings is 1. The third-order valence-electron chi connectivity index (χ3n) is 3.24. The Morgan fingerprint density at radius 1 is 1.13 bits per heavy atom. The van der Waals surface area contributed by atoms with E-state index in [2.05, 4.69) is 15.3 Å². The predicted molar refractivity (Wildman–Crippen MR) is 86.7 cm³/mol. The van der Waals surface area contributed by atoms with E-state index in [1.807, 2.05) is 0 Å². The Morgan fingerprint density at radius 2 is 1.87 bits per heavy atom. The maximum atomic E-state index is 12.9. The number of carbonyl (C=O) groups is 1. The number of nitrogens with one attached hydrogen (secondary N) is 1. The van der Waals surface area contributed by atoms with E-state index in [0.717, 1.165) is 15.4 Å². The highest BCUT2D eigenvalue weighted by Crippen LogP contribution is 2.17. The molecular weight excluding hydrogens is 313 g/mol. The highest BCUT2D eigenvalue weighted by atomic mass is 32.1. The summed E-state index contributed by atoms with van der Waals surface area (Å²) in [6, 6.07) is 9.76. The third-order valence-corrected chi connectivity index (χ3v) is 4.23. The van der Waals surface area contributed by atoms with Crippen molar-refractivity contribution in [3.8, 4) is 0 Å². The first kappa shape index (κ1) is 15.3. The molecule has 0 aliphatic rings. The van der Waals surface area contributed by atoms with Gasteiger partial charge in [0.15, 0.2) is 0 Å². The maximum absolute atomic E-state index is 12.9. The van der Waals surface area contributed by atoms with E-state index in [0.29, 0.717) is 18.5 Å². The molecule has 1 amide bonds. The van der Waals surface area contributed by atoms with Gasteiger partial charge in [-0.05, 0) is 29.8 Å². The smallest absolute Gasteiger partial charge is 0.251 e. The van der Waals surface area contributed by atoms with Crippen molar-refractivity contribution in [3.05, 3.63) is 81.8 Å². The minimum Gasteiger partial charge on any atom is -0.346 e. The molecule has 0 aliphatic heterocycles. The second kappa shape index (κ2) is 7.11. The van der Waals surface area contributed by atoms with Crippen molar-refractivity contribution in [1.82, 2.24) is 15.3 Å². The molecule has 2 heterocycles. The topological polar surface area (TPSA) is 54.9 Å². The minimum atomic E-state index is -0.238. The number of halogens is 1. The first-order valence-electron chi connectivity index (χ1n) is 7.07. The van der Waals surface area contributed by atoms with Crippen molar-refractivity contribution in [2.75, 3.05) is 0 Å². The van der Waals surface area contributed by atoms with Gasteiger partial charge in [-0.3, -0.25) is 9.78 Å². The van der Waals surface area contributed by atoms with Crippen LogP contribution in [0.4, 0.5) is 4.39 Å². The fraction of sp³-hybridized carbons (Fsp3) is 0.118. The van der Waals surface area contributed by atoms with Gasteiger partial charge in [-0.1, -0.05) is 12.1 Å². The zero-order valence-electron chi connectivity index (χ0n) is 12.2. The first-order chi connectivity index (χ1) is 11.2. The van der Waals surface area contributed by atoms with Gasteiger partial charge in [0.25, 0.3) is 5.91 Å². The molecule has 0 saturated heterocycles. The number of amides is 1. The number of aromatic nitrogens is 2. The Balaban J connectivity index is 1.57. The molecule has 0 bridgehead atoms. The number of carbonyl (C=O) groups excluding carboxylic acids is 1. The lowest BCUT2D eigenvalue weighted by molar-refractivity contribution is 0.0950. The second-order valence-electron chi connectivity index (χ2n) is 4.94. The standard InChI is InChI=1S/C17H14FN3OS/c18-14-3-1-12(2-4-14)9-15-10-20-16(23-15)11-21-17(22)13-5-7-19-8-6-13/h1-8,10H,9,11H2,(H,21,22). The second-order valence-corrected chi connectivity index (χ2v) is 6.14. The van der Waals surface area contributed by atoms with Crippen molar-refractivity contribution >= 4 is 17.2 Å². The summed E-state index contributed by atoms with van der Waals surface area (Å²) in [7, 11) is 0. The summed E-state index contributed by atoms with van der Waals surface area (Å²) in [6.07, 6.45) is 5.66. The van der Waals surface area contributed by atoms with E-state index in [4.69, 9.17) is 0 Å². The van der Waals surface area contributed by atoms with Gasteiger partial charge in [0.2, 0.25) is 0 Å². The summed E-state index contributed by atoms with van der Waals surface area (Å²) in [4.78, 5) is 21.2. The van der Waals surface area contributed by atoms with Gasteiger partial charge in [0, 0.05) is 35.5 Å². The zero-order valence-corrected chi connectivity index (χ0v) is 13.0. The van der Waals surface area contributed by atoms with Gasteiger partial charge >= 0.3 is 0 Å². The van der Waals surface area contributed by atoms with Crippen molar-refractivity contribution < 1.29 is 9.18 Å². The quantitative estimate of drug-likeness (QED) is 0.783. The van der Waals surface area contributed by atoms with Crippen LogP contribution in [-0.2, 0) is 13.0 Å². The van der Waals surface area contributed by atoms with E-state index in [1.165, 1.54) is 23.5 Å². The largest absolute Gasteiger partial charge is 0.346 e. The number of pyridine rings is 1. The molecule has 1 aromatic carbocycles. The molecule has 4 nitrogen and oxygen atoms in total. The lowest BCUT2D eigenvalue weighted by Gasteiger charge is -2.02. The Hall–Kier alpha value is -2.60. The summed E-state index contributed by atoms with van der Waals surface area (Å²) >= 11 is 1.54. The van der Waals surface area contributed by atoms with Crippen LogP contribution in [0.1, 0.15) is 25.8 Å². The summed E-state index contributed by atoms with van der Waals surface area (Å²) in [5.41, 5.74) is 1.60. The molecule has 1 N–H and O–H groups in total.